The molecule has 4 rings (SSSR count). The lowest BCUT2D eigenvalue weighted by atomic mass is 10.1. The molecule has 29 heavy (non-hydrogen) atoms. The van der Waals surface area contributed by atoms with E-state index in [4.69, 9.17) is 9.47 Å². The van der Waals surface area contributed by atoms with Crippen molar-refractivity contribution in [3.63, 3.8) is 0 Å². The minimum absolute atomic E-state index is 0.200. The summed E-state index contributed by atoms with van der Waals surface area (Å²) in [5, 5.41) is 4.67. The van der Waals surface area contributed by atoms with Crippen LogP contribution in [0.2, 0.25) is 0 Å². The number of amides is 2. The Hall–Kier alpha value is -3.32. The van der Waals surface area contributed by atoms with Gasteiger partial charge in [0.1, 0.15) is 6.61 Å². The monoisotopic (exact) mass is 408 g/mol. The molecule has 1 aliphatic heterocycles. The maximum Gasteiger partial charge on any atom is 0.265 e. The van der Waals surface area contributed by atoms with Crippen LogP contribution in [0.25, 0.3) is 0 Å². The Morgan fingerprint density at radius 2 is 1.83 bits per heavy atom. The van der Waals surface area contributed by atoms with Gasteiger partial charge in [0, 0.05) is 7.05 Å². The number of para-hydroxylation sites is 3. The Labute approximate surface area is 172 Å². The van der Waals surface area contributed by atoms with Crippen LogP contribution in [0.3, 0.4) is 0 Å². The van der Waals surface area contributed by atoms with E-state index in [9.17, 15) is 9.59 Å². The number of hydrogen-bond acceptors (Lipinski definition) is 5. The van der Waals surface area contributed by atoms with Crippen LogP contribution in [0, 0.1) is 0 Å². The zero-order valence-corrected chi connectivity index (χ0v) is 16.6. The lowest BCUT2D eigenvalue weighted by molar-refractivity contribution is 0.0521. The summed E-state index contributed by atoms with van der Waals surface area (Å²) in [5.74, 6) is 0.950. The Bertz CT molecular complexity index is 1020. The van der Waals surface area contributed by atoms with Gasteiger partial charge in [-0.05, 0) is 35.7 Å². The summed E-state index contributed by atoms with van der Waals surface area (Å²) < 4.78 is 11.7. The topological polar surface area (TPSA) is 67.9 Å². The molecule has 0 saturated heterocycles. The standard InChI is InChI=1S/C22H20N2O4S/c1-24(13-15-14-27-18-9-4-5-10-19(18)28-15)22(26)16-7-2-3-8-17(16)23-21(25)20-11-6-12-29-20/h2-12,15H,13-14H2,1H3,(H,23,25)/t15-/m0/s1. The highest BCUT2D eigenvalue weighted by molar-refractivity contribution is 7.12. The fraction of sp³-hybridized carbons (Fsp3) is 0.182. The van der Waals surface area contributed by atoms with E-state index < -0.39 is 0 Å². The van der Waals surface area contributed by atoms with Crippen molar-refractivity contribution in [1.82, 2.24) is 4.90 Å². The van der Waals surface area contributed by atoms with Crippen molar-refractivity contribution in [2.45, 2.75) is 6.10 Å². The first kappa shape index (κ1) is 19.0. The van der Waals surface area contributed by atoms with Crippen molar-refractivity contribution in [3.8, 4) is 11.5 Å². The molecule has 0 saturated carbocycles. The quantitative estimate of drug-likeness (QED) is 0.695. The zero-order chi connectivity index (χ0) is 20.2. The van der Waals surface area contributed by atoms with E-state index >= 15 is 0 Å². The minimum atomic E-state index is -0.272. The molecule has 0 aliphatic carbocycles. The van der Waals surface area contributed by atoms with Crippen LogP contribution >= 0.6 is 11.3 Å². The van der Waals surface area contributed by atoms with Crippen LogP contribution in [0.4, 0.5) is 5.69 Å². The van der Waals surface area contributed by atoms with Crippen molar-refractivity contribution in [1.29, 1.82) is 0 Å². The van der Waals surface area contributed by atoms with Crippen molar-refractivity contribution in [2.75, 3.05) is 25.5 Å². The first-order valence-corrected chi connectivity index (χ1v) is 10.1. The van der Waals surface area contributed by atoms with Gasteiger partial charge in [0.15, 0.2) is 17.6 Å². The van der Waals surface area contributed by atoms with Crippen molar-refractivity contribution in [3.05, 3.63) is 76.5 Å². The summed E-state index contributed by atoms with van der Waals surface area (Å²) in [5.41, 5.74) is 0.908. The van der Waals surface area contributed by atoms with Crippen LogP contribution in [0.5, 0.6) is 11.5 Å². The maximum absolute atomic E-state index is 13.0. The highest BCUT2D eigenvalue weighted by Gasteiger charge is 2.25. The van der Waals surface area contributed by atoms with Gasteiger partial charge in [-0.3, -0.25) is 9.59 Å². The normalized spacial score (nSPS) is 14.9. The number of fused-ring (bicyclic) bond motifs is 1. The minimum Gasteiger partial charge on any atom is -0.486 e. The molecule has 1 aliphatic rings. The smallest absolute Gasteiger partial charge is 0.265 e. The number of nitrogens with zero attached hydrogens (tertiary/aromatic N) is 1. The number of thiophene rings is 1. The molecule has 1 atom stereocenters. The average molecular weight is 408 g/mol. The Morgan fingerprint density at radius 1 is 1.07 bits per heavy atom. The number of ether oxygens (including phenoxy) is 2. The summed E-state index contributed by atoms with van der Waals surface area (Å²) in [6, 6.07) is 18.0. The molecular weight excluding hydrogens is 388 g/mol. The van der Waals surface area contributed by atoms with Gasteiger partial charge in [-0.25, -0.2) is 0 Å². The van der Waals surface area contributed by atoms with E-state index in [1.165, 1.54) is 11.3 Å². The van der Waals surface area contributed by atoms with Gasteiger partial charge in [0.25, 0.3) is 11.8 Å². The molecule has 0 spiro atoms. The van der Waals surface area contributed by atoms with Crippen LogP contribution in [-0.4, -0.2) is 43.0 Å². The van der Waals surface area contributed by atoms with Crippen LogP contribution in [-0.2, 0) is 0 Å². The number of nitrogens with one attached hydrogen (secondary N) is 1. The summed E-state index contributed by atoms with van der Waals surface area (Å²) >= 11 is 1.35. The third-order valence-corrected chi connectivity index (χ3v) is 5.41. The molecule has 2 heterocycles. The molecular formula is C22H20N2O4S. The third kappa shape index (κ3) is 4.25. The van der Waals surface area contributed by atoms with Crippen molar-refractivity contribution >= 4 is 28.8 Å². The van der Waals surface area contributed by atoms with E-state index in [1.807, 2.05) is 35.7 Å². The van der Waals surface area contributed by atoms with E-state index in [0.29, 0.717) is 40.8 Å². The van der Waals surface area contributed by atoms with Gasteiger partial charge in [0.05, 0.1) is 22.7 Å². The van der Waals surface area contributed by atoms with Gasteiger partial charge in [-0.15, -0.1) is 11.3 Å². The van der Waals surface area contributed by atoms with Crippen LogP contribution in [0.15, 0.2) is 66.0 Å². The molecule has 0 fully saturated rings. The van der Waals surface area contributed by atoms with Gasteiger partial charge >= 0.3 is 0 Å². The summed E-state index contributed by atoms with van der Waals surface area (Å²) in [7, 11) is 1.71. The molecule has 0 radical (unpaired) electrons. The van der Waals surface area contributed by atoms with E-state index in [1.54, 1.807) is 42.3 Å². The van der Waals surface area contributed by atoms with Gasteiger partial charge in [-0.1, -0.05) is 30.3 Å². The average Bonchev–Trinajstić information content (AvgIpc) is 3.29. The first-order valence-electron chi connectivity index (χ1n) is 9.19. The predicted molar refractivity (Wildman–Crippen MR) is 112 cm³/mol. The first-order chi connectivity index (χ1) is 14.1. The SMILES string of the molecule is CN(C[C@H]1COc2ccccc2O1)C(=O)c1ccccc1NC(=O)c1cccs1. The molecule has 0 bridgehead atoms. The van der Waals surface area contributed by atoms with Gasteiger partial charge < -0.3 is 19.7 Å². The molecule has 3 aromatic rings. The summed E-state index contributed by atoms with van der Waals surface area (Å²) in [6.45, 7) is 0.728. The maximum atomic E-state index is 13.0. The highest BCUT2D eigenvalue weighted by atomic mass is 32.1. The lowest BCUT2D eigenvalue weighted by Crippen LogP contribution is -2.42. The summed E-state index contributed by atoms with van der Waals surface area (Å²) in [4.78, 5) is 27.6. The molecule has 2 aromatic carbocycles. The van der Waals surface area contributed by atoms with E-state index in [-0.39, 0.29) is 17.9 Å². The molecule has 148 valence electrons. The molecule has 0 unspecified atom stereocenters. The Balaban J connectivity index is 1.45. The number of carbonyl (C=O) groups excluding carboxylic acids is 2. The van der Waals surface area contributed by atoms with Crippen LogP contribution in [0.1, 0.15) is 20.0 Å². The number of rotatable bonds is 5. The number of likely N-dealkylation sites (N-methyl/N-ethyl adjacent to an activating group) is 1. The Morgan fingerprint density at radius 3 is 2.62 bits per heavy atom. The highest BCUT2D eigenvalue weighted by Crippen LogP contribution is 2.31. The van der Waals surface area contributed by atoms with E-state index in [2.05, 4.69) is 5.32 Å². The van der Waals surface area contributed by atoms with Crippen molar-refractivity contribution in [2.24, 2.45) is 0 Å². The fourth-order valence-electron chi connectivity index (χ4n) is 3.12. The predicted octanol–water partition coefficient (Wildman–Crippen LogP) is 3.91. The van der Waals surface area contributed by atoms with E-state index in [0.717, 1.165) is 0 Å². The fourth-order valence-corrected chi connectivity index (χ4v) is 3.74. The number of carbonyl (C=O) groups is 2. The third-order valence-electron chi connectivity index (χ3n) is 4.54. The van der Waals surface area contributed by atoms with Gasteiger partial charge in [-0.2, -0.15) is 0 Å². The molecule has 2 amide bonds. The van der Waals surface area contributed by atoms with Crippen molar-refractivity contribution < 1.29 is 19.1 Å². The molecule has 7 heteroatoms. The number of benzene rings is 2. The second kappa shape index (κ2) is 8.36. The number of anilines is 1. The second-order valence-corrected chi connectivity index (χ2v) is 7.61. The van der Waals surface area contributed by atoms with Crippen LogP contribution < -0.4 is 14.8 Å². The Kier molecular flexibility index (Phi) is 5.48. The molecule has 1 N–H and O–H groups in total. The number of hydrogen-bond donors (Lipinski definition) is 1. The molecule has 1 aromatic heterocycles. The second-order valence-electron chi connectivity index (χ2n) is 6.66. The largest absolute Gasteiger partial charge is 0.486 e. The van der Waals surface area contributed by atoms with Gasteiger partial charge in [0.2, 0.25) is 0 Å². The zero-order valence-electron chi connectivity index (χ0n) is 15.8. The summed E-state index contributed by atoms with van der Waals surface area (Å²) in [6.07, 6.45) is -0.272. The molecule has 6 nitrogen and oxygen atoms in total. The lowest BCUT2D eigenvalue weighted by Gasteiger charge is -2.29.